The van der Waals surface area contributed by atoms with Gasteiger partial charge in [-0.3, -0.25) is 14.4 Å². The van der Waals surface area contributed by atoms with E-state index in [4.69, 9.17) is 4.74 Å². The summed E-state index contributed by atoms with van der Waals surface area (Å²) < 4.78 is 10.0. The van der Waals surface area contributed by atoms with Crippen LogP contribution >= 0.6 is 11.8 Å². The van der Waals surface area contributed by atoms with Gasteiger partial charge >= 0.3 is 12.1 Å². The molecule has 0 radical (unpaired) electrons. The van der Waals surface area contributed by atoms with Crippen molar-refractivity contribution in [2.75, 3.05) is 25.7 Å². The van der Waals surface area contributed by atoms with E-state index in [1.165, 1.54) is 12.0 Å². The summed E-state index contributed by atoms with van der Waals surface area (Å²) in [6.07, 6.45) is 1.56. The van der Waals surface area contributed by atoms with Crippen molar-refractivity contribution in [3.63, 3.8) is 0 Å². The van der Waals surface area contributed by atoms with Gasteiger partial charge in [0.2, 0.25) is 11.8 Å². The van der Waals surface area contributed by atoms with Crippen LogP contribution in [0.2, 0.25) is 0 Å². The van der Waals surface area contributed by atoms with E-state index in [1.54, 1.807) is 46.4 Å². The molecule has 0 heterocycles. The molecule has 0 saturated heterocycles. The average molecular weight is 524 g/mol. The minimum atomic E-state index is -1.03. The van der Waals surface area contributed by atoms with Gasteiger partial charge in [-0.05, 0) is 72.5 Å². The number of carbonyl (C=O) groups is 4. The van der Waals surface area contributed by atoms with E-state index in [0.29, 0.717) is 17.7 Å². The zero-order valence-corrected chi connectivity index (χ0v) is 23.7. The molecule has 202 valence electrons. The van der Waals surface area contributed by atoms with Gasteiger partial charge in [0.05, 0.1) is 7.11 Å². The van der Waals surface area contributed by atoms with Crippen molar-refractivity contribution < 1.29 is 28.7 Å². The molecule has 0 aliphatic rings. The maximum absolute atomic E-state index is 13.9. The Balaban J connectivity index is 3.48. The largest absolute Gasteiger partial charge is 0.468 e. The molecular weight excluding hydrogens is 482 g/mol. The van der Waals surface area contributed by atoms with Crippen molar-refractivity contribution in [3.8, 4) is 0 Å². The maximum atomic E-state index is 13.9. The SMILES string of the molecule is COC(=O)CNC(=O)C(c1cc(C)cc(C)c1)N(C(=O)C(CCSC)NC(=O)OC(C)(C)C)C(C)C. The lowest BCUT2D eigenvalue weighted by atomic mass is 9.97. The summed E-state index contributed by atoms with van der Waals surface area (Å²) in [4.78, 5) is 53.1. The second kappa shape index (κ2) is 14.1. The monoisotopic (exact) mass is 523 g/mol. The number of nitrogens with zero attached hydrogens (tertiary/aromatic N) is 1. The quantitative estimate of drug-likeness (QED) is 0.427. The smallest absolute Gasteiger partial charge is 0.408 e. The lowest BCUT2D eigenvalue weighted by molar-refractivity contribution is -0.146. The summed E-state index contributed by atoms with van der Waals surface area (Å²) in [6, 6.07) is 3.32. The van der Waals surface area contributed by atoms with Crippen LogP contribution in [0.1, 0.15) is 63.8 Å². The van der Waals surface area contributed by atoms with Crippen molar-refractivity contribution in [2.45, 2.75) is 78.6 Å². The van der Waals surface area contributed by atoms with Gasteiger partial charge in [0.25, 0.3) is 0 Å². The van der Waals surface area contributed by atoms with Gasteiger partial charge < -0.3 is 25.0 Å². The summed E-state index contributed by atoms with van der Waals surface area (Å²) in [5, 5.41) is 5.29. The average Bonchev–Trinajstić information content (AvgIpc) is 2.75. The number of thioether (sulfide) groups is 1. The van der Waals surface area contributed by atoms with E-state index < -0.39 is 47.6 Å². The first-order chi connectivity index (χ1) is 16.7. The summed E-state index contributed by atoms with van der Waals surface area (Å²) in [6.45, 7) is 12.3. The number of aryl methyl sites for hydroxylation is 2. The fourth-order valence-electron chi connectivity index (χ4n) is 3.74. The van der Waals surface area contributed by atoms with Crippen LogP contribution in [0.4, 0.5) is 4.79 Å². The maximum Gasteiger partial charge on any atom is 0.408 e. The van der Waals surface area contributed by atoms with E-state index in [9.17, 15) is 19.2 Å². The van der Waals surface area contributed by atoms with Crippen LogP contribution < -0.4 is 10.6 Å². The Morgan fingerprint density at radius 3 is 2.11 bits per heavy atom. The fourth-order valence-corrected chi connectivity index (χ4v) is 4.21. The zero-order chi connectivity index (χ0) is 27.6. The molecule has 3 amide bonds. The number of esters is 1. The van der Waals surface area contributed by atoms with Crippen molar-refractivity contribution >= 4 is 35.6 Å². The van der Waals surface area contributed by atoms with Crippen LogP contribution in [0.3, 0.4) is 0 Å². The highest BCUT2D eigenvalue weighted by molar-refractivity contribution is 7.98. The Labute approximate surface area is 219 Å². The molecule has 0 aromatic heterocycles. The molecule has 0 bridgehead atoms. The third kappa shape index (κ3) is 10.1. The number of rotatable bonds is 11. The lowest BCUT2D eigenvalue weighted by Gasteiger charge is -2.37. The molecule has 1 rings (SSSR count). The number of ether oxygens (including phenoxy) is 2. The Bertz CT molecular complexity index is 908. The zero-order valence-electron chi connectivity index (χ0n) is 22.9. The highest BCUT2D eigenvalue weighted by Crippen LogP contribution is 2.27. The van der Waals surface area contributed by atoms with Gasteiger partial charge in [-0.1, -0.05) is 29.3 Å². The summed E-state index contributed by atoms with van der Waals surface area (Å²) in [7, 11) is 1.23. The second-order valence-electron chi connectivity index (χ2n) is 9.94. The Morgan fingerprint density at radius 1 is 1.06 bits per heavy atom. The molecule has 0 aliphatic heterocycles. The minimum absolute atomic E-state index is 0.331. The predicted molar refractivity (Wildman–Crippen MR) is 142 cm³/mol. The molecule has 0 spiro atoms. The first-order valence-electron chi connectivity index (χ1n) is 11.9. The minimum Gasteiger partial charge on any atom is -0.468 e. The highest BCUT2D eigenvalue weighted by Gasteiger charge is 2.38. The van der Waals surface area contributed by atoms with Gasteiger partial charge in [0.1, 0.15) is 24.2 Å². The van der Waals surface area contributed by atoms with E-state index in [-0.39, 0.29) is 6.54 Å². The molecule has 2 atom stereocenters. The van der Waals surface area contributed by atoms with Gasteiger partial charge in [-0.25, -0.2) is 4.79 Å². The molecule has 0 aliphatic carbocycles. The van der Waals surface area contributed by atoms with Crippen LogP contribution in [0.25, 0.3) is 0 Å². The number of alkyl carbamates (subject to hydrolysis) is 1. The van der Waals surface area contributed by atoms with Gasteiger partial charge in [-0.2, -0.15) is 11.8 Å². The highest BCUT2D eigenvalue weighted by atomic mass is 32.2. The molecule has 10 heteroatoms. The molecule has 1 aromatic carbocycles. The van der Waals surface area contributed by atoms with E-state index in [1.807, 2.05) is 38.3 Å². The van der Waals surface area contributed by atoms with Crippen LogP contribution in [-0.2, 0) is 23.9 Å². The third-order valence-corrected chi connectivity index (χ3v) is 5.78. The molecule has 1 aromatic rings. The van der Waals surface area contributed by atoms with Crippen LogP contribution in [0.5, 0.6) is 0 Å². The van der Waals surface area contributed by atoms with Gasteiger partial charge in [0, 0.05) is 6.04 Å². The number of benzene rings is 1. The summed E-state index contributed by atoms with van der Waals surface area (Å²) in [5.41, 5.74) is 1.73. The van der Waals surface area contributed by atoms with Crippen molar-refractivity contribution in [1.82, 2.24) is 15.5 Å². The van der Waals surface area contributed by atoms with Gasteiger partial charge in [0.15, 0.2) is 0 Å². The number of amides is 3. The number of nitrogens with one attached hydrogen (secondary N) is 2. The molecule has 0 saturated carbocycles. The van der Waals surface area contributed by atoms with E-state index in [0.717, 1.165) is 11.1 Å². The molecule has 2 N–H and O–H groups in total. The Hall–Kier alpha value is -2.75. The first-order valence-corrected chi connectivity index (χ1v) is 13.3. The molecule has 36 heavy (non-hydrogen) atoms. The third-order valence-electron chi connectivity index (χ3n) is 5.13. The van der Waals surface area contributed by atoms with Crippen molar-refractivity contribution in [1.29, 1.82) is 0 Å². The van der Waals surface area contributed by atoms with Crippen LogP contribution in [0, 0.1) is 13.8 Å². The number of carbonyl (C=O) groups excluding carboxylic acids is 4. The van der Waals surface area contributed by atoms with Crippen LogP contribution in [-0.4, -0.2) is 72.1 Å². The molecule has 9 nitrogen and oxygen atoms in total. The van der Waals surface area contributed by atoms with E-state index in [2.05, 4.69) is 15.4 Å². The number of hydrogen-bond donors (Lipinski definition) is 2. The normalized spacial score (nSPS) is 12.9. The molecular formula is C26H41N3O6S. The number of hydrogen-bond acceptors (Lipinski definition) is 7. The number of methoxy groups -OCH3 is 1. The standard InChI is InChI=1S/C26H41N3O6S/c1-16(2)29(24(32)20(10-11-36-9)28-25(33)35-26(5,6)7)22(23(31)27-15-21(30)34-8)19-13-17(3)12-18(4)14-19/h12-14,16,20,22H,10-11,15H2,1-9H3,(H,27,31)(H,28,33). The Morgan fingerprint density at radius 2 is 1.64 bits per heavy atom. The predicted octanol–water partition coefficient (Wildman–Crippen LogP) is 3.52. The Kier molecular flexibility index (Phi) is 12.3. The fraction of sp³-hybridized carbons (Fsp3) is 0.615. The summed E-state index contributed by atoms with van der Waals surface area (Å²) in [5.74, 6) is -0.925. The van der Waals surface area contributed by atoms with Crippen molar-refractivity contribution in [3.05, 3.63) is 34.9 Å². The molecule has 2 unspecified atom stereocenters. The lowest BCUT2D eigenvalue weighted by Crippen LogP contribution is -2.55. The van der Waals surface area contributed by atoms with E-state index >= 15 is 0 Å². The topological polar surface area (TPSA) is 114 Å². The summed E-state index contributed by atoms with van der Waals surface area (Å²) >= 11 is 1.54. The van der Waals surface area contributed by atoms with Gasteiger partial charge in [-0.15, -0.1) is 0 Å². The van der Waals surface area contributed by atoms with Crippen molar-refractivity contribution in [2.24, 2.45) is 0 Å². The van der Waals surface area contributed by atoms with Crippen LogP contribution in [0.15, 0.2) is 18.2 Å². The second-order valence-corrected chi connectivity index (χ2v) is 10.9. The first kappa shape index (κ1) is 31.3. The molecule has 0 fully saturated rings.